The van der Waals surface area contributed by atoms with Gasteiger partial charge in [0.05, 0.1) is 12.1 Å². The minimum absolute atomic E-state index is 0.0852. The number of sulfone groups is 1. The number of carbonyl (C=O) groups excluding carboxylic acids is 1. The molecule has 7 nitrogen and oxygen atoms in total. The van der Waals surface area contributed by atoms with E-state index >= 15 is 0 Å². The van der Waals surface area contributed by atoms with Crippen LogP contribution in [0.4, 0.5) is 5.82 Å². The lowest BCUT2D eigenvalue weighted by molar-refractivity contribution is -0.139. The Morgan fingerprint density at radius 1 is 1.29 bits per heavy atom. The van der Waals surface area contributed by atoms with Crippen LogP contribution in [0.25, 0.3) is 0 Å². The summed E-state index contributed by atoms with van der Waals surface area (Å²) in [5, 5.41) is 0. The molecule has 3 aliphatic heterocycles. The van der Waals surface area contributed by atoms with E-state index in [0.29, 0.717) is 24.7 Å². The minimum Gasteiger partial charge on any atom is -0.353 e. The summed E-state index contributed by atoms with van der Waals surface area (Å²) in [6, 6.07) is 0.124. The van der Waals surface area contributed by atoms with Crippen LogP contribution in [0.15, 0.2) is 11.1 Å². The van der Waals surface area contributed by atoms with E-state index in [9.17, 15) is 13.2 Å². The monoisotopic (exact) mass is 352 g/mol. The Morgan fingerprint density at radius 2 is 2.04 bits per heavy atom. The third kappa shape index (κ3) is 3.11. The van der Waals surface area contributed by atoms with Crippen LogP contribution < -0.4 is 4.90 Å². The van der Waals surface area contributed by atoms with E-state index < -0.39 is 9.84 Å². The number of anilines is 1. The van der Waals surface area contributed by atoms with Gasteiger partial charge in [0.15, 0.2) is 15.7 Å². The van der Waals surface area contributed by atoms with E-state index in [2.05, 4.69) is 16.9 Å². The smallest absolute Gasteiger partial charge is 0.227 e. The number of carbonyl (C=O) groups is 1. The molecule has 2 atom stereocenters. The average Bonchev–Trinajstić information content (AvgIpc) is 2.79. The predicted molar refractivity (Wildman–Crippen MR) is 90.6 cm³/mol. The van der Waals surface area contributed by atoms with Crippen LogP contribution in [0.5, 0.6) is 0 Å². The highest BCUT2D eigenvalue weighted by atomic mass is 32.2. The van der Waals surface area contributed by atoms with Crippen molar-refractivity contribution >= 4 is 21.6 Å². The Labute approximate surface area is 143 Å². The van der Waals surface area contributed by atoms with Crippen LogP contribution in [0.3, 0.4) is 0 Å². The molecule has 132 valence electrons. The molecular weight excluding hydrogens is 328 g/mol. The van der Waals surface area contributed by atoms with Gasteiger partial charge in [0.1, 0.15) is 10.7 Å². The zero-order chi connectivity index (χ0) is 17.5. The van der Waals surface area contributed by atoms with Crippen molar-refractivity contribution in [2.45, 2.75) is 44.0 Å². The van der Waals surface area contributed by atoms with Crippen molar-refractivity contribution in [2.75, 3.05) is 30.8 Å². The molecule has 8 heteroatoms. The lowest BCUT2D eigenvalue weighted by Gasteiger charge is -2.35. The second-order valence-electron chi connectivity index (χ2n) is 6.74. The molecule has 4 rings (SSSR count). The molecule has 4 heterocycles. The maximum Gasteiger partial charge on any atom is 0.227 e. The minimum atomic E-state index is -3.43. The van der Waals surface area contributed by atoms with E-state index in [1.807, 2.05) is 9.80 Å². The third-order valence-electron chi connectivity index (χ3n) is 4.81. The summed E-state index contributed by atoms with van der Waals surface area (Å²) >= 11 is 0. The van der Waals surface area contributed by atoms with Crippen molar-refractivity contribution in [3.63, 3.8) is 0 Å². The van der Waals surface area contributed by atoms with Crippen LogP contribution in [0.1, 0.15) is 32.0 Å². The molecule has 3 aliphatic rings. The lowest BCUT2D eigenvalue weighted by atomic mass is 9.94. The topological polar surface area (TPSA) is 83.5 Å². The summed E-state index contributed by atoms with van der Waals surface area (Å²) < 4.78 is 24.2. The average molecular weight is 352 g/mol. The number of aromatic nitrogens is 2. The van der Waals surface area contributed by atoms with Gasteiger partial charge in [-0.05, 0) is 26.2 Å². The van der Waals surface area contributed by atoms with Crippen LogP contribution in [0, 0.1) is 12.8 Å². The summed E-state index contributed by atoms with van der Waals surface area (Å²) in [4.78, 5) is 25.2. The van der Waals surface area contributed by atoms with Gasteiger partial charge in [0.25, 0.3) is 0 Å². The molecule has 0 aliphatic carbocycles. The Balaban J connectivity index is 2.00. The number of amides is 1. The van der Waals surface area contributed by atoms with E-state index in [4.69, 9.17) is 0 Å². The van der Waals surface area contributed by atoms with E-state index in [1.54, 1.807) is 6.92 Å². The molecule has 0 aromatic carbocycles. The summed E-state index contributed by atoms with van der Waals surface area (Å²) in [5.74, 6) is 1.08. The maximum absolute atomic E-state index is 12.7. The molecule has 1 aromatic rings. The van der Waals surface area contributed by atoms with E-state index in [0.717, 1.165) is 25.8 Å². The van der Waals surface area contributed by atoms with E-state index in [-0.39, 0.29) is 22.8 Å². The van der Waals surface area contributed by atoms with Crippen LogP contribution in [-0.2, 0) is 14.6 Å². The number of piperidine rings is 1. The molecular formula is C16H24N4O3S. The number of nitrogens with zero attached hydrogens (tertiary/aromatic N) is 4. The first-order valence-corrected chi connectivity index (χ1v) is 10.3. The molecule has 3 fully saturated rings. The summed E-state index contributed by atoms with van der Waals surface area (Å²) in [5.41, 5.74) is 0. The van der Waals surface area contributed by atoms with Gasteiger partial charge in [-0.2, -0.15) is 0 Å². The Kier molecular flexibility index (Phi) is 4.50. The van der Waals surface area contributed by atoms with Crippen LogP contribution in [-0.4, -0.2) is 61.1 Å². The van der Waals surface area contributed by atoms with Crippen molar-refractivity contribution in [3.05, 3.63) is 12.0 Å². The summed E-state index contributed by atoms with van der Waals surface area (Å²) in [6.07, 6.45) is 5.30. The van der Waals surface area contributed by atoms with E-state index in [1.165, 1.54) is 12.5 Å². The Bertz CT molecular complexity index is 750. The van der Waals surface area contributed by atoms with Crippen molar-refractivity contribution in [2.24, 2.45) is 5.92 Å². The fraction of sp³-hybridized carbons (Fsp3) is 0.688. The van der Waals surface area contributed by atoms with Crippen molar-refractivity contribution in [1.82, 2.24) is 14.9 Å². The van der Waals surface area contributed by atoms with Gasteiger partial charge in [0, 0.05) is 31.9 Å². The number of hydrogen-bond donors (Lipinski definition) is 0. The second kappa shape index (κ2) is 6.31. The highest BCUT2D eigenvalue weighted by Crippen LogP contribution is 2.33. The Hall–Kier alpha value is -1.70. The quantitative estimate of drug-likeness (QED) is 0.805. The number of hydrogen-bond acceptors (Lipinski definition) is 6. The third-order valence-corrected chi connectivity index (χ3v) is 5.90. The molecule has 0 unspecified atom stereocenters. The molecule has 0 spiro atoms. The maximum atomic E-state index is 12.7. The molecule has 0 saturated carbocycles. The Morgan fingerprint density at radius 3 is 2.71 bits per heavy atom. The van der Waals surface area contributed by atoms with Gasteiger partial charge >= 0.3 is 0 Å². The fourth-order valence-corrected chi connectivity index (χ4v) is 4.43. The highest BCUT2D eigenvalue weighted by Gasteiger charge is 2.41. The van der Waals surface area contributed by atoms with Gasteiger partial charge in [-0.15, -0.1) is 0 Å². The van der Waals surface area contributed by atoms with Crippen molar-refractivity contribution in [3.8, 4) is 0 Å². The van der Waals surface area contributed by atoms with Crippen LogP contribution in [0.2, 0.25) is 0 Å². The molecule has 1 aromatic heterocycles. The van der Waals surface area contributed by atoms with Gasteiger partial charge < -0.3 is 9.80 Å². The normalized spacial score (nSPS) is 24.4. The lowest BCUT2D eigenvalue weighted by Crippen LogP contribution is -2.48. The molecule has 24 heavy (non-hydrogen) atoms. The van der Waals surface area contributed by atoms with Gasteiger partial charge in [-0.3, -0.25) is 4.79 Å². The number of fused-ring (bicyclic) bond motifs is 4. The van der Waals surface area contributed by atoms with Gasteiger partial charge in [0.2, 0.25) is 5.91 Å². The first-order chi connectivity index (χ1) is 11.3. The molecule has 0 radical (unpaired) electrons. The number of rotatable bonds is 4. The SMILES string of the molecule is CCCN1C(=O)[C@H]2CC[C@@H]1CN(c1nc(C)ncc1S(C)(=O)=O)C2. The highest BCUT2D eigenvalue weighted by molar-refractivity contribution is 7.90. The van der Waals surface area contributed by atoms with Crippen LogP contribution >= 0.6 is 0 Å². The predicted octanol–water partition coefficient (Wildman–Crippen LogP) is 1.03. The largest absolute Gasteiger partial charge is 0.353 e. The molecule has 2 bridgehead atoms. The van der Waals surface area contributed by atoms with Gasteiger partial charge in [-0.25, -0.2) is 18.4 Å². The van der Waals surface area contributed by atoms with Gasteiger partial charge in [-0.1, -0.05) is 6.92 Å². The second-order valence-corrected chi connectivity index (χ2v) is 8.73. The van der Waals surface area contributed by atoms with Crippen molar-refractivity contribution < 1.29 is 13.2 Å². The molecule has 0 N–H and O–H groups in total. The fourth-order valence-electron chi connectivity index (χ4n) is 3.68. The summed E-state index contributed by atoms with van der Waals surface area (Å²) in [6.45, 7) is 5.72. The molecule has 1 amide bonds. The zero-order valence-corrected chi connectivity index (χ0v) is 15.2. The first kappa shape index (κ1) is 17.1. The van der Waals surface area contributed by atoms with Crippen molar-refractivity contribution in [1.29, 1.82) is 0 Å². The standard InChI is InChI=1S/C16H24N4O3S/c1-4-7-20-13-6-5-12(16(20)21)9-19(10-13)15-14(24(3,22)23)8-17-11(2)18-15/h8,12-13H,4-7,9-10H2,1-3H3/t12-,13+/m0/s1. The molecule has 3 saturated heterocycles. The first-order valence-electron chi connectivity index (χ1n) is 8.40. The summed E-state index contributed by atoms with van der Waals surface area (Å²) in [7, 11) is -3.43. The number of aryl methyl sites for hydroxylation is 1. The zero-order valence-electron chi connectivity index (χ0n) is 14.4.